The molecular formula is C14H11ClFN3O. The van der Waals surface area contributed by atoms with Gasteiger partial charge in [-0.1, -0.05) is 11.6 Å². The number of rotatable bonds is 2. The number of benzene rings is 1. The average molecular weight is 292 g/mol. The monoisotopic (exact) mass is 291 g/mol. The van der Waals surface area contributed by atoms with Gasteiger partial charge in [-0.25, -0.2) is 9.37 Å². The number of imidazole rings is 1. The number of hydrogen-bond donors (Lipinski definition) is 1. The molecule has 102 valence electrons. The number of pyridine rings is 1. The van der Waals surface area contributed by atoms with E-state index >= 15 is 0 Å². The number of ether oxygens (including phenoxy) is 1. The molecule has 4 nitrogen and oxygen atoms in total. The van der Waals surface area contributed by atoms with Crippen molar-refractivity contribution >= 4 is 23.1 Å². The van der Waals surface area contributed by atoms with Crippen LogP contribution in [-0.2, 0) is 0 Å². The lowest BCUT2D eigenvalue weighted by molar-refractivity contribution is 0.417. The molecule has 3 rings (SSSR count). The molecule has 3 aromatic rings. The van der Waals surface area contributed by atoms with E-state index in [-0.39, 0.29) is 5.02 Å². The van der Waals surface area contributed by atoms with Crippen LogP contribution in [0.25, 0.3) is 16.9 Å². The van der Waals surface area contributed by atoms with Crippen molar-refractivity contribution in [3.05, 3.63) is 47.4 Å². The smallest absolute Gasteiger partial charge is 0.181 e. The predicted octanol–water partition coefficient (Wildman–Crippen LogP) is 3.38. The summed E-state index contributed by atoms with van der Waals surface area (Å²) in [6.07, 6.45) is 1.79. The highest BCUT2D eigenvalue weighted by Gasteiger charge is 2.15. The van der Waals surface area contributed by atoms with Gasteiger partial charge in [-0.15, -0.1) is 0 Å². The molecule has 0 aliphatic heterocycles. The van der Waals surface area contributed by atoms with Crippen molar-refractivity contribution in [3.63, 3.8) is 0 Å². The molecule has 20 heavy (non-hydrogen) atoms. The number of methoxy groups -OCH3 is 1. The quantitative estimate of drug-likeness (QED) is 0.787. The van der Waals surface area contributed by atoms with E-state index in [0.29, 0.717) is 28.5 Å². The highest BCUT2D eigenvalue weighted by Crippen LogP contribution is 2.31. The lowest BCUT2D eigenvalue weighted by Crippen LogP contribution is -1.95. The van der Waals surface area contributed by atoms with Gasteiger partial charge in [0.25, 0.3) is 0 Å². The van der Waals surface area contributed by atoms with Gasteiger partial charge in [0.1, 0.15) is 17.3 Å². The van der Waals surface area contributed by atoms with Crippen molar-refractivity contribution < 1.29 is 9.13 Å². The van der Waals surface area contributed by atoms with Gasteiger partial charge in [-0.3, -0.25) is 4.40 Å². The molecule has 1 aromatic carbocycles. The summed E-state index contributed by atoms with van der Waals surface area (Å²) in [5.74, 6) is 0.579. The lowest BCUT2D eigenvalue weighted by atomic mass is 10.1. The van der Waals surface area contributed by atoms with Crippen LogP contribution in [0.1, 0.15) is 0 Å². The highest BCUT2D eigenvalue weighted by atomic mass is 35.5. The summed E-state index contributed by atoms with van der Waals surface area (Å²) in [5, 5.41) is 0.0333. The summed E-state index contributed by atoms with van der Waals surface area (Å²) in [6, 6.07) is 7.99. The van der Waals surface area contributed by atoms with Crippen LogP contribution in [0, 0.1) is 5.82 Å². The molecule has 2 N–H and O–H groups in total. The summed E-state index contributed by atoms with van der Waals surface area (Å²) in [4.78, 5) is 4.46. The summed E-state index contributed by atoms with van der Waals surface area (Å²) in [5.41, 5.74) is 7.88. The molecule has 0 unspecified atom stereocenters. The number of hydrogen-bond acceptors (Lipinski definition) is 3. The van der Waals surface area contributed by atoms with E-state index in [2.05, 4.69) is 4.98 Å². The predicted molar refractivity (Wildman–Crippen MR) is 76.6 cm³/mol. The first-order valence-electron chi connectivity index (χ1n) is 5.88. The second kappa shape index (κ2) is 4.68. The zero-order valence-electron chi connectivity index (χ0n) is 10.6. The minimum atomic E-state index is -0.477. The molecule has 0 bridgehead atoms. The van der Waals surface area contributed by atoms with E-state index < -0.39 is 5.82 Å². The van der Waals surface area contributed by atoms with Gasteiger partial charge in [0.05, 0.1) is 12.1 Å². The number of halogens is 2. The van der Waals surface area contributed by atoms with E-state index in [1.807, 2.05) is 6.07 Å². The van der Waals surface area contributed by atoms with Crippen LogP contribution in [0.5, 0.6) is 5.75 Å². The minimum absolute atomic E-state index is 0.0333. The SMILES string of the molecule is COc1cccn2c(N)c(-c3ccc(F)c(Cl)c3)nc12. The maximum atomic E-state index is 13.2. The first kappa shape index (κ1) is 12.7. The van der Waals surface area contributed by atoms with E-state index in [1.165, 1.54) is 12.1 Å². The lowest BCUT2D eigenvalue weighted by Gasteiger charge is -2.01. The Morgan fingerprint density at radius 3 is 2.85 bits per heavy atom. The molecular weight excluding hydrogens is 281 g/mol. The summed E-state index contributed by atoms with van der Waals surface area (Å²) in [7, 11) is 1.56. The highest BCUT2D eigenvalue weighted by molar-refractivity contribution is 6.31. The fourth-order valence-electron chi connectivity index (χ4n) is 2.08. The Hall–Kier alpha value is -2.27. The Kier molecular flexibility index (Phi) is 2.99. The molecule has 0 spiro atoms. The van der Waals surface area contributed by atoms with Crippen LogP contribution >= 0.6 is 11.6 Å². The standard InChI is InChI=1S/C14H11ClFN3O/c1-20-11-3-2-6-19-13(17)12(18-14(11)19)8-4-5-10(16)9(15)7-8/h2-7H,17H2,1H3. The number of anilines is 1. The number of nitrogens with zero attached hydrogens (tertiary/aromatic N) is 2. The van der Waals surface area contributed by atoms with Crippen molar-refractivity contribution in [1.29, 1.82) is 0 Å². The van der Waals surface area contributed by atoms with E-state index in [9.17, 15) is 4.39 Å². The van der Waals surface area contributed by atoms with Gasteiger partial charge in [0, 0.05) is 11.8 Å². The Balaban J connectivity index is 2.26. The summed E-state index contributed by atoms with van der Waals surface area (Å²) >= 11 is 5.80. The number of nitrogens with two attached hydrogens (primary N) is 1. The first-order chi connectivity index (χ1) is 9.61. The third-order valence-corrected chi connectivity index (χ3v) is 3.35. The Morgan fingerprint density at radius 2 is 2.15 bits per heavy atom. The molecule has 2 aromatic heterocycles. The molecule has 0 saturated carbocycles. The van der Waals surface area contributed by atoms with E-state index in [0.717, 1.165) is 0 Å². The molecule has 0 fully saturated rings. The molecule has 0 aliphatic carbocycles. The van der Waals surface area contributed by atoms with Gasteiger partial charge >= 0.3 is 0 Å². The van der Waals surface area contributed by atoms with Crippen LogP contribution in [-0.4, -0.2) is 16.5 Å². The molecule has 0 atom stereocenters. The molecule has 0 saturated heterocycles. The Morgan fingerprint density at radius 1 is 1.35 bits per heavy atom. The van der Waals surface area contributed by atoms with Crippen molar-refractivity contribution in [2.24, 2.45) is 0 Å². The van der Waals surface area contributed by atoms with Crippen molar-refractivity contribution in [3.8, 4) is 17.0 Å². The van der Waals surface area contributed by atoms with Crippen LogP contribution < -0.4 is 10.5 Å². The zero-order valence-corrected chi connectivity index (χ0v) is 11.4. The van der Waals surface area contributed by atoms with Crippen molar-refractivity contribution in [1.82, 2.24) is 9.38 Å². The summed E-state index contributed by atoms with van der Waals surface area (Å²) < 4.78 is 20.2. The number of aromatic nitrogens is 2. The van der Waals surface area contributed by atoms with Crippen LogP contribution in [0.15, 0.2) is 36.5 Å². The summed E-state index contributed by atoms with van der Waals surface area (Å²) in [6.45, 7) is 0. The Bertz CT molecular complexity index is 800. The molecule has 0 radical (unpaired) electrons. The fourth-order valence-corrected chi connectivity index (χ4v) is 2.26. The molecule has 0 amide bonds. The van der Waals surface area contributed by atoms with Gasteiger partial charge in [-0.2, -0.15) is 0 Å². The minimum Gasteiger partial charge on any atom is -0.493 e. The second-order valence-electron chi connectivity index (χ2n) is 4.24. The van der Waals surface area contributed by atoms with E-state index in [4.69, 9.17) is 22.1 Å². The third kappa shape index (κ3) is 1.87. The third-order valence-electron chi connectivity index (χ3n) is 3.06. The first-order valence-corrected chi connectivity index (χ1v) is 6.25. The second-order valence-corrected chi connectivity index (χ2v) is 4.65. The largest absolute Gasteiger partial charge is 0.493 e. The number of nitrogen functional groups attached to an aromatic ring is 1. The fraction of sp³-hybridized carbons (Fsp3) is 0.0714. The Labute approximate surface area is 119 Å². The van der Waals surface area contributed by atoms with Crippen LogP contribution in [0.3, 0.4) is 0 Å². The van der Waals surface area contributed by atoms with Gasteiger partial charge in [0.15, 0.2) is 11.4 Å². The van der Waals surface area contributed by atoms with Gasteiger partial charge < -0.3 is 10.5 Å². The number of fused-ring (bicyclic) bond motifs is 1. The topological polar surface area (TPSA) is 52.5 Å². The van der Waals surface area contributed by atoms with Gasteiger partial charge in [-0.05, 0) is 30.3 Å². The van der Waals surface area contributed by atoms with Crippen LogP contribution in [0.2, 0.25) is 5.02 Å². The van der Waals surface area contributed by atoms with Crippen molar-refractivity contribution in [2.45, 2.75) is 0 Å². The van der Waals surface area contributed by atoms with Gasteiger partial charge in [0.2, 0.25) is 0 Å². The molecule has 0 aliphatic rings. The van der Waals surface area contributed by atoms with Crippen molar-refractivity contribution in [2.75, 3.05) is 12.8 Å². The maximum Gasteiger partial charge on any atom is 0.181 e. The van der Waals surface area contributed by atoms with E-state index in [1.54, 1.807) is 29.8 Å². The van der Waals surface area contributed by atoms with Crippen LogP contribution in [0.4, 0.5) is 10.2 Å². The zero-order chi connectivity index (χ0) is 14.3. The average Bonchev–Trinajstić information content (AvgIpc) is 2.79. The molecule has 2 heterocycles. The normalized spacial score (nSPS) is 10.9. The molecule has 6 heteroatoms. The maximum absolute atomic E-state index is 13.2.